The summed E-state index contributed by atoms with van der Waals surface area (Å²) in [6.45, 7) is 8.07. The first-order chi connectivity index (χ1) is 10.6. The number of hydrogen-bond acceptors (Lipinski definition) is 6. The van der Waals surface area contributed by atoms with Crippen LogP contribution < -0.4 is 0 Å². The molecule has 0 fully saturated rings. The van der Waals surface area contributed by atoms with Crippen LogP contribution in [-0.2, 0) is 28.8 Å². The highest BCUT2D eigenvalue weighted by atomic mass is 17.2. The number of hydrogen-bond donors (Lipinski definition) is 0. The summed E-state index contributed by atoms with van der Waals surface area (Å²) in [5, 5.41) is 0. The van der Waals surface area contributed by atoms with Crippen LogP contribution in [0.1, 0.15) is 66.2 Å². The predicted octanol–water partition coefficient (Wildman–Crippen LogP) is 3.18. The molecule has 0 aliphatic rings. The van der Waals surface area contributed by atoms with Crippen molar-refractivity contribution in [2.45, 2.75) is 78.4 Å². The Balaban J connectivity index is 4.56. The van der Waals surface area contributed by atoms with E-state index >= 15 is 0 Å². The van der Waals surface area contributed by atoms with Crippen molar-refractivity contribution in [1.29, 1.82) is 0 Å². The molecule has 2 atom stereocenters. The average Bonchev–Trinajstić information content (AvgIpc) is 2.50. The van der Waals surface area contributed by atoms with Gasteiger partial charge in [-0.15, -0.1) is 0 Å². The van der Waals surface area contributed by atoms with Gasteiger partial charge < -0.3 is 9.47 Å². The number of esters is 2. The standard InChI is InChI=1S/C16H30O6/c1-5-9-11-13(15(17)19-7-3)21-22-14(12-10-6-2)16(18)20-8-4/h13-14H,5-12H2,1-4H3. The SMILES string of the molecule is CCCCC(OOC(CCCC)C(=O)OCC)C(=O)OCC. The Labute approximate surface area is 133 Å². The molecule has 0 rings (SSSR count). The van der Waals surface area contributed by atoms with E-state index in [2.05, 4.69) is 0 Å². The molecule has 130 valence electrons. The van der Waals surface area contributed by atoms with E-state index in [1.54, 1.807) is 13.8 Å². The van der Waals surface area contributed by atoms with Crippen LogP contribution in [0.3, 0.4) is 0 Å². The van der Waals surface area contributed by atoms with Gasteiger partial charge in [0.2, 0.25) is 0 Å². The van der Waals surface area contributed by atoms with Gasteiger partial charge in [0.25, 0.3) is 0 Å². The van der Waals surface area contributed by atoms with E-state index in [4.69, 9.17) is 19.2 Å². The molecule has 0 aliphatic carbocycles. The minimum atomic E-state index is -0.807. The number of carbonyl (C=O) groups excluding carboxylic acids is 2. The minimum Gasteiger partial charge on any atom is -0.464 e. The second-order valence-corrected chi connectivity index (χ2v) is 4.96. The Morgan fingerprint density at radius 1 is 0.727 bits per heavy atom. The molecule has 0 aromatic rings. The van der Waals surface area contributed by atoms with Crippen molar-refractivity contribution >= 4 is 11.9 Å². The summed E-state index contributed by atoms with van der Waals surface area (Å²) in [7, 11) is 0. The molecule has 0 aromatic carbocycles. The topological polar surface area (TPSA) is 71.1 Å². The van der Waals surface area contributed by atoms with Crippen molar-refractivity contribution in [3.63, 3.8) is 0 Å². The second kappa shape index (κ2) is 13.5. The van der Waals surface area contributed by atoms with Crippen LogP contribution in [0, 0.1) is 0 Å². The van der Waals surface area contributed by atoms with Crippen LogP contribution in [0.5, 0.6) is 0 Å². The van der Waals surface area contributed by atoms with E-state index in [0.717, 1.165) is 25.7 Å². The Morgan fingerprint density at radius 2 is 1.09 bits per heavy atom. The van der Waals surface area contributed by atoms with Crippen LogP contribution in [0.2, 0.25) is 0 Å². The average molecular weight is 318 g/mol. The van der Waals surface area contributed by atoms with Crippen molar-refractivity contribution in [2.24, 2.45) is 0 Å². The summed E-state index contributed by atoms with van der Waals surface area (Å²) in [5.41, 5.74) is 0. The van der Waals surface area contributed by atoms with Gasteiger partial charge in [-0.2, -0.15) is 0 Å². The van der Waals surface area contributed by atoms with E-state index < -0.39 is 24.1 Å². The summed E-state index contributed by atoms with van der Waals surface area (Å²) >= 11 is 0. The Morgan fingerprint density at radius 3 is 1.36 bits per heavy atom. The molecule has 0 aliphatic heterocycles. The Kier molecular flexibility index (Phi) is 12.8. The molecule has 0 saturated carbocycles. The Hall–Kier alpha value is -1.14. The lowest BCUT2D eigenvalue weighted by Crippen LogP contribution is -2.33. The summed E-state index contributed by atoms with van der Waals surface area (Å²) in [5.74, 6) is -0.928. The third-order valence-corrected chi connectivity index (χ3v) is 3.03. The molecule has 0 saturated heterocycles. The first kappa shape index (κ1) is 20.9. The molecule has 0 radical (unpaired) electrons. The third-order valence-electron chi connectivity index (χ3n) is 3.03. The highest BCUT2D eigenvalue weighted by molar-refractivity contribution is 5.75. The van der Waals surface area contributed by atoms with Gasteiger partial charge in [0.1, 0.15) is 0 Å². The lowest BCUT2D eigenvalue weighted by Gasteiger charge is -2.19. The number of rotatable bonds is 13. The fraction of sp³-hybridized carbons (Fsp3) is 0.875. The van der Waals surface area contributed by atoms with Gasteiger partial charge in [0, 0.05) is 0 Å². The first-order valence-electron chi connectivity index (χ1n) is 8.25. The van der Waals surface area contributed by atoms with Crippen LogP contribution in [0.15, 0.2) is 0 Å². The quantitative estimate of drug-likeness (QED) is 0.295. The van der Waals surface area contributed by atoms with Crippen LogP contribution in [0.25, 0.3) is 0 Å². The maximum atomic E-state index is 11.8. The lowest BCUT2D eigenvalue weighted by atomic mass is 10.1. The maximum absolute atomic E-state index is 11.8. The van der Waals surface area contributed by atoms with Gasteiger partial charge in [-0.3, -0.25) is 0 Å². The normalized spacial score (nSPS) is 13.5. The fourth-order valence-corrected chi connectivity index (χ4v) is 1.79. The maximum Gasteiger partial charge on any atom is 0.338 e. The molecule has 0 amide bonds. The molecule has 0 aromatic heterocycles. The lowest BCUT2D eigenvalue weighted by molar-refractivity contribution is -0.344. The van der Waals surface area contributed by atoms with E-state index in [1.165, 1.54) is 0 Å². The van der Waals surface area contributed by atoms with E-state index in [-0.39, 0.29) is 13.2 Å². The predicted molar refractivity (Wildman–Crippen MR) is 82.1 cm³/mol. The molecule has 0 heterocycles. The van der Waals surface area contributed by atoms with Gasteiger partial charge in [-0.1, -0.05) is 39.5 Å². The molecule has 6 nitrogen and oxygen atoms in total. The third kappa shape index (κ3) is 9.00. The molecule has 0 bridgehead atoms. The molecule has 6 heteroatoms. The van der Waals surface area contributed by atoms with Crippen molar-refractivity contribution < 1.29 is 28.8 Å². The largest absolute Gasteiger partial charge is 0.464 e. The smallest absolute Gasteiger partial charge is 0.338 e. The Bertz CT molecular complexity index is 275. The van der Waals surface area contributed by atoms with Gasteiger partial charge in [0.15, 0.2) is 12.2 Å². The van der Waals surface area contributed by atoms with Gasteiger partial charge in [-0.25, -0.2) is 19.4 Å². The van der Waals surface area contributed by atoms with E-state index in [1.807, 2.05) is 13.8 Å². The van der Waals surface area contributed by atoms with Gasteiger partial charge in [-0.05, 0) is 26.7 Å². The molecule has 0 spiro atoms. The number of unbranched alkanes of at least 4 members (excludes halogenated alkanes) is 2. The molecular weight excluding hydrogens is 288 g/mol. The monoisotopic (exact) mass is 318 g/mol. The van der Waals surface area contributed by atoms with Crippen molar-refractivity contribution in [3.05, 3.63) is 0 Å². The summed E-state index contributed by atoms with van der Waals surface area (Å²) in [4.78, 5) is 34.1. The number of ether oxygens (including phenoxy) is 2. The zero-order chi connectivity index (χ0) is 16.8. The molecular formula is C16H30O6. The zero-order valence-corrected chi connectivity index (χ0v) is 14.3. The highest BCUT2D eigenvalue weighted by Crippen LogP contribution is 2.13. The van der Waals surface area contributed by atoms with Crippen LogP contribution in [0.4, 0.5) is 0 Å². The van der Waals surface area contributed by atoms with Gasteiger partial charge in [0.05, 0.1) is 13.2 Å². The van der Waals surface area contributed by atoms with E-state index in [0.29, 0.717) is 12.8 Å². The number of carbonyl (C=O) groups is 2. The first-order valence-corrected chi connectivity index (χ1v) is 8.25. The van der Waals surface area contributed by atoms with Crippen molar-refractivity contribution in [3.8, 4) is 0 Å². The second-order valence-electron chi connectivity index (χ2n) is 4.96. The molecule has 0 N–H and O–H groups in total. The van der Waals surface area contributed by atoms with Crippen LogP contribution in [-0.4, -0.2) is 37.4 Å². The van der Waals surface area contributed by atoms with Gasteiger partial charge >= 0.3 is 11.9 Å². The van der Waals surface area contributed by atoms with Crippen molar-refractivity contribution in [1.82, 2.24) is 0 Å². The fourth-order valence-electron chi connectivity index (χ4n) is 1.79. The van der Waals surface area contributed by atoms with Crippen molar-refractivity contribution in [2.75, 3.05) is 13.2 Å². The van der Waals surface area contributed by atoms with Crippen LogP contribution >= 0.6 is 0 Å². The highest BCUT2D eigenvalue weighted by Gasteiger charge is 2.27. The summed E-state index contributed by atoms with van der Waals surface area (Å²) in [6.07, 6.45) is 2.86. The zero-order valence-electron chi connectivity index (χ0n) is 14.3. The molecule has 2 unspecified atom stereocenters. The molecule has 22 heavy (non-hydrogen) atoms. The minimum absolute atomic E-state index is 0.280. The summed E-state index contributed by atoms with van der Waals surface area (Å²) < 4.78 is 9.92. The summed E-state index contributed by atoms with van der Waals surface area (Å²) in [6, 6.07) is 0. The van der Waals surface area contributed by atoms with E-state index in [9.17, 15) is 9.59 Å².